The summed E-state index contributed by atoms with van der Waals surface area (Å²) in [6.45, 7) is 14.0. The van der Waals surface area contributed by atoms with Gasteiger partial charge in [0.25, 0.3) is 0 Å². The first-order valence-electron chi connectivity index (χ1n) is 19.6. The third-order valence-electron chi connectivity index (χ3n) is 8.18. The minimum atomic E-state index is -4.71. The molecule has 0 saturated heterocycles. The van der Waals surface area contributed by atoms with Gasteiger partial charge in [-0.05, 0) is 104 Å². The minimum Gasteiger partial charge on any atom is -0.444 e. The Labute approximate surface area is 357 Å². The number of aliphatic hydroxyl groups is 1. The Balaban J connectivity index is 1.97. The Morgan fingerprint density at radius 2 is 1.24 bits per heavy atom. The van der Waals surface area contributed by atoms with E-state index >= 15 is 0 Å². The van der Waals surface area contributed by atoms with Gasteiger partial charge in [-0.3, -0.25) is 19.4 Å². The molecule has 6 amide bonds. The molecule has 0 spiro atoms. The molecule has 0 saturated carbocycles. The van der Waals surface area contributed by atoms with Crippen LogP contribution in [0.1, 0.15) is 86.0 Å². The van der Waals surface area contributed by atoms with Crippen LogP contribution in [0.15, 0.2) is 60.8 Å². The molecule has 0 fully saturated rings. The van der Waals surface area contributed by atoms with E-state index in [0.29, 0.717) is 23.0 Å². The Hall–Kier alpha value is -6.18. The lowest BCUT2D eigenvalue weighted by atomic mass is 9.99. The van der Waals surface area contributed by atoms with Crippen molar-refractivity contribution in [2.24, 2.45) is 0 Å². The van der Waals surface area contributed by atoms with E-state index < -0.39 is 89.2 Å². The average molecular weight is 876 g/mol. The molecule has 1 aromatic heterocycles. The predicted octanol–water partition coefficient (Wildman–Crippen LogP) is 5.57. The zero-order valence-electron chi connectivity index (χ0n) is 36.2. The Morgan fingerprint density at radius 1 is 0.710 bits per heavy atom. The van der Waals surface area contributed by atoms with E-state index in [0.717, 1.165) is 12.1 Å². The first kappa shape index (κ1) is 50.2. The maximum absolute atomic E-state index is 14.2. The van der Waals surface area contributed by atoms with Crippen molar-refractivity contribution >= 4 is 52.6 Å². The molecule has 3 aromatic rings. The topological polar surface area (TPSA) is 227 Å². The molecule has 1 heterocycles. The van der Waals surface area contributed by atoms with Crippen LogP contribution in [0, 0.1) is 0 Å². The molecule has 3 atom stereocenters. The molecule has 0 unspecified atom stereocenters. The van der Waals surface area contributed by atoms with Crippen molar-refractivity contribution < 1.29 is 61.3 Å². The first-order chi connectivity index (χ1) is 28.6. The zero-order chi connectivity index (χ0) is 46.6. The number of hydrogen-bond donors (Lipinski definition) is 6. The number of alkyl halides is 3. The number of fused-ring (bicyclic) bond motifs is 1. The molecule has 340 valence electrons. The normalized spacial score (nSPS) is 13.4. The second-order valence-corrected chi connectivity index (χ2v) is 17.1. The van der Waals surface area contributed by atoms with Gasteiger partial charge >= 0.3 is 24.5 Å². The highest BCUT2D eigenvalue weighted by Gasteiger charge is 2.36. The third-order valence-corrected chi connectivity index (χ3v) is 8.18. The van der Waals surface area contributed by atoms with Crippen LogP contribution in [0.25, 0.3) is 10.9 Å². The van der Waals surface area contributed by atoms with Crippen LogP contribution >= 0.6 is 0 Å². The molecule has 17 nitrogen and oxygen atoms in total. The molecule has 62 heavy (non-hydrogen) atoms. The van der Waals surface area contributed by atoms with Gasteiger partial charge in [0.05, 0.1) is 17.5 Å². The number of aliphatic hydroxyl groups excluding tert-OH is 1. The van der Waals surface area contributed by atoms with Crippen molar-refractivity contribution in [3.05, 3.63) is 71.9 Å². The summed E-state index contributed by atoms with van der Waals surface area (Å²) in [4.78, 5) is 85.4. The van der Waals surface area contributed by atoms with E-state index in [9.17, 15) is 47.0 Å². The Morgan fingerprint density at radius 3 is 1.76 bits per heavy atom. The highest BCUT2D eigenvalue weighted by Crippen LogP contribution is 2.31. The van der Waals surface area contributed by atoms with Crippen molar-refractivity contribution in [2.75, 3.05) is 31.5 Å². The molecule has 20 heteroatoms. The van der Waals surface area contributed by atoms with E-state index in [2.05, 4.69) is 31.6 Å². The standard InChI is InChI=1S/C42H56F3N7O10/c1-39(2,3)60-36(57)47-19-21-52(22-20-48-37(58)61-40(4,5)6)31(53)24-30(50-38(59)62-41(7,8)9)34(55)51-32(33(54)25-12-14-27(15-13-25)42(43,44)45)35(56)49-28-16-17-29-26(23-28)11-10-18-46-29/h10-18,23,30,32-33,54H,19-22,24H2,1-9H3,(H,47,57)(H,48,58)(H,49,56)(H,50,59)(H,51,55)/t30-,32-,33+/m0/s1. The van der Waals surface area contributed by atoms with Gasteiger partial charge in [0, 0.05) is 43.4 Å². The van der Waals surface area contributed by atoms with Gasteiger partial charge in [0.2, 0.25) is 17.7 Å². The number of nitrogens with one attached hydrogen (secondary N) is 5. The van der Waals surface area contributed by atoms with Crippen LogP contribution in [-0.4, -0.2) is 106 Å². The number of aromatic nitrogens is 1. The molecule has 6 N–H and O–H groups in total. The number of nitrogens with zero attached hydrogens (tertiary/aromatic N) is 2. The van der Waals surface area contributed by atoms with Crippen molar-refractivity contribution in [1.82, 2.24) is 31.2 Å². The average Bonchev–Trinajstić information content (AvgIpc) is 3.13. The lowest BCUT2D eigenvalue weighted by Crippen LogP contribution is -2.56. The molecule has 3 rings (SSSR count). The van der Waals surface area contributed by atoms with Gasteiger partial charge in [0.1, 0.15) is 35.0 Å². The number of halogens is 3. The summed E-state index contributed by atoms with van der Waals surface area (Å²) in [6, 6.07) is 7.63. The number of hydrogen-bond acceptors (Lipinski definition) is 11. The smallest absolute Gasteiger partial charge is 0.416 e. The summed E-state index contributed by atoms with van der Waals surface area (Å²) in [6.07, 6.45) is -8.58. The summed E-state index contributed by atoms with van der Waals surface area (Å²) >= 11 is 0. The summed E-state index contributed by atoms with van der Waals surface area (Å²) in [5, 5.41) is 24.5. The number of ether oxygens (including phenoxy) is 3. The molecule has 0 aliphatic heterocycles. The lowest BCUT2D eigenvalue weighted by Gasteiger charge is -2.29. The SMILES string of the molecule is CC(C)(C)OC(=O)NCCN(CCNC(=O)OC(C)(C)C)C(=O)C[C@H](NC(=O)OC(C)(C)C)C(=O)N[C@H](C(=O)Nc1ccc2ncccc2c1)[C@H](O)c1ccc(C(F)(F)F)cc1. The largest absolute Gasteiger partial charge is 0.444 e. The van der Waals surface area contributed by atoms with E-state index in [1.165, 1.54) is 11.0 Å². The fourth-order valence-electron chi connectivity index (χ4n) is 5.52. The summed E-state index contributed by atoms with van der Waals surface area (Å²) in [5.74, 6) is -2.97. The van der Waals surface area contributed by atoms with Gasteiger partial charge in [-0.1, -0.05) is 18.2 Å². The Bertz CT molecular complexity index is 2010. The van der Waals surface area contributed by atoms with Gasteiger partial charge in [-0.15, -0.1) is 0 Å². The number of pyridine rings is 1. The second kappa shape index (κ2) is 21.1. The zero-order valence-corrected chi connectivity index (χ0v) is 36.2. The van der Waals surface area contributed by atoms with Gasteiger partial charge < -0.3 is 50.8 Å². The molecule has 2 aromatic carbocycles. The minimum absolute atomic E-state index is 0.143. The number of rotatable bonds is 15. The number of amides is 6. The highest BCUT2D eigenvalue weighted by atomic mass is 19.4. The fraction of sp³-hybridized carbons (Fsp3) is 0.500. The van der Waals surface area contributed by atoms with Crippen LogP contribution < -0.4 is 26.6 Å². The summed E-state index contributed by atoms with van der Waals surface area (Å²) in [5.41, 5.74) is -3.14. The Kier molecular flexibility index (Phi) is 17.0. The summed E-state index contributed by atoms with van der Waals surface area (Å²) < 4.78 is 56.1. The van der Waals surface area contributed by atoms with Crippen LogP contribution in [0.3, 0.4) is 0 Å². The van der Waals surface area contributed by atoms with E-state index in [-0.39, 0.29) is 37.4 Å². The molecule has 0 bridgehead atoms. The van der Waals surface area contributed by atoms with E-state index in [1.807, 2.05) is 0 Å². The van der Waals surface area contributed by atoms with E-state index in [1.54, 1.807) is 92.8 Å². The fourth-order valence-corrected chi connectivity index (χ4v) is 5.52. The van der Waals surface area contributed by atoms with Crippen LogP contribution in [0.5, 0.6) is 0 Å². The maximum Gasteiger partial charge on any atom is 0.416 e. The predicted molar refractivity (Wildman–Crippen MR) is 222 cm³/mol. The number of carbonyl (C=O) groups excluding carboxylic acids is 6. The highest BCUT2D eigenvalue weighted by molar-refractivity contribution is 6.00. The van der Waals surface area contributed by atoms with Crippen LogP contribution in [-0.2, 0) is 34.8 Å². The second-order valence-electron chi connectivity index (χ2n) is 17.1. The lowest BCUT2D eigenvalue weighted by molar-refractivity contribution is -0.137. The first-order valence-corrected chi connectivity index (χ1v) is 19.6. The van der Waals surface area contributed by atoms with Crippen LogP contribution in [0.4, 0.5) is 33.2 Å². The molecular weight excluding hydrogens is 819 g/mol. The van der Waals surface area contributed by atoms with Gasteiger partial charge in [-0.2, -0.15) is 13.2 Å². The van der Waals surface area contributed by atoms with Crippen molar-refractivity contribution in [3.8, 4) is 0 Å². The molecule has 0 aliphatic carbocycles. The molecule has 0 radical (unpaired) electrons. The van der Waals surface area contributed by atoms with Crippen molar-refractivity contribution in [3.63, 3.8) is 0 Å². The number of benzene rings is 2. The number of anilines is 1. The van der Waals surface area contributed by atoms with Crippen LogP contribution in [0.2, 0.25) is 0 Å². The van der Waals surface area contributed by atoms with Gasteiger partial charge in [0.15, 0.2) is 0 Å². The number of alkyl carbamates (subject to hydrolysis) is 3. The number of carbonyl (C=O) groups is 6. The van der Waals surface area contributed by atoms with Crippen molar-refractivity contribution in [1.29, 1.82) is 0 Å². The third kappa shape index (κ3) is 17.4. The van der Waals surface area contributed by atoms with E-state index in [4.69, 9.17) is 14.2 Å². The molecular formula is C42H56F3N7O10. The molecule has 0 aliphatic rings. The van der Waals surface area contributed by atoms with Gasteiger partial charge in [-0.25, -0.2) is 14.4 Å². The van der Waals surface area contributed by atoms with Crippen molar-refractivity contribution in [2.45, 2.75) is 110 Å². The summed E-state index contributed by atoms with van der Waals surface area (Å²) in [7, 11) is 0. The maximum atomic E-state index is 14.2. The quantitative estimate of drug-likeness (QED) is 0.104. The monoisotopic (exact) mass is 875 g/mol.